The zero-order valence-corrected chi connectivity index (χ0v) is 19.4. The van der Waals surface area contributed by atoms with E-state index in [2.05, 4.69) is 5.32 Å². The molecule has 1 saturated carbocycles. The highest BCUT2D eigenvalue weighted by Gasteiger charge is 2.27. The normalized spacial score (nSPS) is 16.3. The van der Waals surface area contributed by atoms with Crippen LogP contribution < -0.4 is 10.9 Å². The van der Waals surface area contributed by atoms with Crippen LogP contribution in [0.2, 0.25) is 0 Å². The largest absolute Gasteiger partial charge is 0.323 e. The van der Waals surface area contributed by atoms with Gasteiger partial charge in [0, 0.05) is 10.9 Å². The maximum absolute atomic E-state index is 13.9. The van der Waals surface area contributed by atoms with Gasteiger partial charge in [-0.15, -0.1) is 11.3 Å². The van der Waals surface area contributed by atoms with Gasteiger partial charge in [0.2, 0.25) is 5.91 Å². The lowest BCUT2D eigenvalue weighted by atomic mass is 9.97. The van der Waals surface area contributed by atoms with E-state index >= 15 is 0 Å². The molecular weight excluding hydrogens is 471 g/mol. The summed E-state index contributed by atoms with van der Waals surface area (Å²) in [6.07, 6.45) is 7.89. The minimum Gasteiger partial charge on any atom is -0.323 e. The monoisotopic (exact) mass is 493 g/mol. The number of hydrogen-bond donors (Lipinski definition) is 1. The molecule has 10 heteroatoms. The van der Waals surface area contributed by atoms with Gasteiger partial charge in [0.25, 0.3) is 5.56 Å². The Hall–Kier alpha value is -2.33. The molecule has 33 heavy (non-hydrogen) atoms. The Morgan fingerprint density at radius 2 is 1.88 bits per heavy atom. The molecule has 174 valence electrons. The molecule has 5 nitrogen and oxygen atoms in total. The molecule has 0 saturated heterocycles. The number of thiophene rings is 1. The van der Waals surface area contributed by atoms with Gasteiger partial charge in [0.05, 0.1) is 16.8 Å². The van der Waals surface area contributed by atoms with E-state index in [9.17, 15) is 22.8 Å². The molecule has 0 atom stereocenters. The van der Waals surface area contributed by atoms with Crippen LogP contribution >= 0.6 is 23.1 Å². The highest BCUT2D eigenvalue weighted by atomic mass is 32.2. The fourth-order valence-electron chi connectivity index (χ4n) is 4.72. The molecule has 0 spiro atoms. The first-order chi connectivity index (χ1) is 15.9. The number of nitrogens with zero attached hydrogens (tertiary/aromatic N) is 2. The summed E-state index contributed by atoms with van der Waals surface area (Å²) >= 11 is 2.66. The number of carbonyl (C=O) groups excluding carboxylic acids is 1. The number of amides is 1. The number of aryl methyl sites for hydroxylation is 2. The number of benzene rings is 1. The van der Waals surface area contributed by atoms with E-state index in [4.69, 9.17) is 4.98 Å². The molecule has 0 unspecified atom stereocenters. The number of halogens is 3. The average Bonchev–Trinajstić information content (AvgIpc) is 3.46. The molecule has 0 radical (unpaired) electrons. The molecule has 1 N–H and O–H groups in total. The van der Waals surface area contributed by atoms with Crippen molar-refractivity contribution in [2.45, 2.75) is 62.6 Å². The lowest BCUT2D eigenvalue weighted by molar-refractivity contribution is -0.113. The van der Waals surface area contributed by atoms with E-state index in [0.717, 1.165) is 86.2 Å². The van der Waals surface area contributed by atoms with E-state index < -0.39 is 29.0 Å². The van der Waals surface area contributed by atoms with Crippen LogP contribution in [0, 0.1) is 17.5 Å². The van der Waals surface area contributed by atoms with Gasteiger partial charge in [-0.1, -0.05) is 24.6 Å². The summed E-state index contributed by atoms with van der Waals surface area (Å²) in [5, 5.41) is 3.47. The van der Waals surface area contributed by atoms with Crippen molar-refractivity contribution in [2.75, 3.05) is 11.1 Å². The molecule has 0 aliphatic heterocycles. The Bertz CT molecular complexity index is 1300. The van der Waals surface area contributed by atoms with Crippen LogP contribution in [-0.2, 0) is 17.6 Å². The summed E-state index contributed by atoms with van der Waals surface area (Å²) in [7, 11) is 0. The number of carbonyl (C=O) groups is 1. The van der Waals surface area contributed by atoms with Gasteiger partial charge in [0.15, 0.2) is 22.6 Å². The molecular formula is C23H22F3N3O2S2. The number of aromatic nitrogens is 2. The van der Waals surface area contributed by atoms with Gasteiger partial charge in [0.1, 0.15) is 4.83 Å². The van der Waals surface area contributed by atoms with Crippen LogP contribution in [0.4, 0.5) is 18.9 Å². The number of thioether (sulfide) groups is 1. The molecule has 2 aliphatic carbocycles. The first-order valence-electron chi connectivity index (χ1n) is 11.1. The van der Waals surface area contributed by atoms with E-state index in [0.29, 0.717) is 9.99 Å². The summed E-state index contributed by atoms with van der Waals surface area (Å²) in [6, 6.07) is 1.78. The van der Waals surface area contributed by atoms with Gasteiger partial charge < -0.3 is 5.32 Å². The lowest BCUT2D eigenvalue weighted by Gasteiger charge is -2.18. The Kier molecular flexibility index (Phi) is 6.22. The molecule has 2 aromatic heterocycles. The van der Waals surface area contributed by atoms with E-state index in [1.54, 1.807) is 15.9 Å². The van der Waals surface area contributed by atoms with Crippen LogP contribution in [0.5, 0.6) is 0 Å². The second-order valence-corrected chi connectivity index (χ2v) is 10.5. The van der Waals surface area contributed by atoms with Crippen molar-refractivity contribution in [1.82, 2.24) is 9.55 Å². The first-order valence-corrected chi connectivity index (χ1v) is 12.9. The molecule has 1 amide bonds. The molecule has 3 aromatic rings. The summed E-state index contributed by atoms with van der Waals surface area (Å²) in [6.45, 7) is 0. The van der Waals surface area contributed by atoms with Crippen molar-refractivity contribution in [3.05, 3.63) is 50.4 Å². The van der Waals surface area contributed by atoms with Crippen molar-refractivity contribution in [2.24, 2.45) is 0 Å². The maximum Gasteiger partial charge on any atom is 0.263 e. The average molecular weight is 494 g/mol. The van der Waals surface area contributed by atoms with Crippen LogP contribution in [0.1, 0.15) is 55.0 Å². The van der Waals surface area contributed by atoms with Gasteiger partial charge in [-0.25, -0.2) is 18.2 Å². The summed E-state index contributed by atoms with van der Waals surface area (Å²) in [5.41, 5.74) is 0.663. The van der Waals surface area contributed by atoms with Crippen molar-refractivity contribution in [3.8, 4) is 0 Å². The van der Waals surface area contributed by atoms with Gasteiger partial charge >= 0.3 is 0 Å². The maximum atomic E-state index is 13.9. The number of fused-ring (bicyclic) bond motifs is 3. The predicted octanol–water partition coefficient (Wildman–Crippen LogP) is 5.60. The molecule has 0 bridgehead atoms. The number of rotatable bonds is 5. The van der Waals surface area contributed by atoms with Gasteiger partial charge in [-0.3, -0.25) is 14.2 Å². The minimum absolute atomic E-state index is 0.0409. The van der Waals surface area contributed by atoms with Crippen molar-refractivity contribution < 1.29 is 18.0 Å². The molecule has 1 aromatic carbocycles. The van der Waals surface area contributed by atoms with Crippen LogP contribution in [0.3, 0.4) is 0 Å². The van der Waals surface area contributed by atoms with E-state index in [-0.39, 0.29) is 17.4 Å². The van der Waals surface area contributed by atoms with Gasteiger partial charge in [-0.05, 0) is 56.2 Å². The lowest BCUT2D eigenvalue weighted by Crippen LogP contribution is -2.27. The number of nitrogens with one attached hydrogen (secondary N) is 1. The second kappa shape index (κ2) is 9.13. The SMILES string of the molecule is O=C(CSc1nc2sc3c(c2c(=O)n1C1CCCC1)CCCC3)Nc1ccc(F)c(F)c1F. The quantitative estimate of drug-likeness (QED) is 0.286. The third-order valence-electron chi connectivity index (χ3n) is 6.32. The second-order valence-electron chi connectivity index (χ2n) is 8.46. The third kappa shape index (κ3) is 4.19. The summed E-state index contributed by atoms with van der Waals surface area (Å²) < 4.78 is 42.2. The predicted molar refractivity (Wildman–Crippen MR) is 124 cm³/mol. The topological polar surface area (TPSA) is 64.0 Å². The zero-order chi connectivity index (χ0) is 23.1. The Labute approximate surface area is 196 Å². The Balaban J connectivity index is 1.45. The fraction of sp³-hybridized carbons (Fsp3) is 0.435. The van der Waals surface area contributed by atoms with Gasteiger partial charge in [-0.2, -0.15) is 0 Å². The van der Waals surface area contributed by atoms with Crippen LogP contribution in [0.15, 0.2) is 22.1 Å². The highest BCUT2D eigenvalue weighted by Crippen LogP contribution is 2.37. The van der Waals surface area contributed by atoms with E-state index in [1.165, 1.54) is 4.88 Å². The van der Waals surface area contributed by atoms with Crippen molar-refractivity contribution in [3.63, 3.8) is 0 Å². The highest BCUT2D eigenvalue weighted by molar-refractivity contribution is 7.99. The minimum atomic E-state index is -1.63. The standard InChI is InChI=1S/C23H22F3N3O2S2/c24-14-9-10-15(20(26)19(14)25)27-17(30)11-32-23-28-21-18(13-7-3-4-8-16(13)33-21)22(31)29(23)12-5-1-2-6-12/h9-10,12H,1-8,11H2,(H,27,30). The van der Waals surface area contributed by atoms with Crippen LogP contribution in [-0.4, -0.2) is 21.2 Å². The van der Waals surface area contributed by atoms with Crippen molar-refractivity contribution >= 4 is 44.9 Å². The molecule has 1 fully saturated rings. The first kappa shape index (κ1) is 22.5. The Morgan fingerprint density at radius 3 is 2.67 bits per heavy atom. The van der Waals surface area contributed by atoms with E-state index in [1.807, 2.05) is 0 Å². The summed E-state index contributed by atoms with van der Waals surface area (Å²) in [4.78, 5) is 32.8. The Morgan fingerprint density at radius 1 is 1.12 bits per heavy atom. The molecule has 2 heterocycles. The summed E-state index contributed by atoms with van der Waals surface area (Å²) in [5.74, 6) is -5.14. The molecule has 2 aliphatic rings. The van der Waals surface area contributed by atoms with Crippen LogP contribution in [0.25, 0.3) is 10.2 Å². The smallest absolute Gasteiger partial charge is 0.263 e. The number of anilines is 1. The molecule has 5 rings (SSSR count). The number of hydrogen-bond acceptors (Lipinski definition) is 5. The fourth-order valence-corrected chi connectivity index (χ4v) is 6.89. The zero-order valence-electron chi connectivity index (χ0n) is 17.8. The van der Waals surface area contributed by atoms with Crippen molar-refractivity contribution in [1.29, 1.82) is 0 Å². The third-order valence-corrected chi connectivity index (χ3v) is 8.46.